The summed E-state index contributed by atoms with van der Waals surface area (Å²) in [6, 6.07) is 5.96. The second-order valence-corrected chi connectivity index (χ2v) is 3.58. The molecule has 82 valence electrons. The van der Waals surface area contributed by atoms with Crippen LogP contribution in [0.4, 0.5) is 5.69 Å². The highest BCUT2D eigenvalue weighted by atomic mass is 16.5. The molecule has 0 aliphatic carbocycles. The van der Waals surface area contributed by atoms with E-state index < -0.39 is 6.23 Å². The molecule has 0 unspecified atom stereocenters. The van der Waals surface area contributed by atoms with Crippen LogP contribution in [0.2, 0.25) is 0 Å². The molecule has 4 heteroatoms. The number of nitrogens with one attached hydrogen (secondary N) is 2. The Morgan fingerprint density at radius 3 is 3.27 bits per heavy atom. The van der Waals surface area contributed by atoms with E-state index in [0.717, 1.165) is 24.5 Å². The van der Waals surface area contributed by atoms with Gasteiger partial charge in [0.05, 0.1) is 5.69 Å². The van der Waals surface area contributed by atoms with Crippen molar-refractivity contribution in [1.29, 1.82) is 0 Å². The molecule has 0 spiro atoms. The Labute approximate surface area is 89.3 Å². The number of ether oxygens (including phenoxy) is 1. The third-order valence-electron chi connectivity index (χ3n) is 2.34. The highest BCUT2D eigenvalue weighted by Crippen LogP contribution is 2.29. The Morgan fingerprint density at radius 2 is 2.47 bits per heavy atom. The Kier molecular flexibility index (Phi) is 3.08. The molecule has 2 rings (SSSR count). The van der Waals surface area contributed by atoms with Gasteiger partial charge in [0.25, 0.3) is 0 Å². The maximum absolute atomic E-state index is 9.32. The predicted molar refractivity (Wildman–Crippen MR) is 58.9 cm³/mol. The lowest BCUT2D eigenvalue weighted by Gasteiger charge is -2.24. The molecule has 0 fully saturated rings. The summed E-state index contributed by atoms with van der Waals surface area (Å²) in [7, 11) is 0. The van der Waals surface area contributed by atoms with Crippen LogP contribution >= 0.6 is 0 Å². The smallest absolute Gasteiger partial charge is 0.159 e. The van der Waals surface area contributed by atoms with Crippen LogP contribution in [0, 0.1) is 0 Å². The number of aliphatic hydroxyl groups excluding tert-OH is 1. The van der Waals surface area contributed by atoms with Gasteiger partial charge in [-0.05, 0) is 24.2 Å². The normalized spacial score (nSPS) is 18.9. The summed E-state index contributed by atoms with van der Waals surface area (Å²) in [5, 5.41) is 15.5. The second-order valence-electron chi connectivity index (χ2n) is 3.58. The number of benzene rings is 1. The van der Waals surface area contributed by atoms with Gasteiger partial charge in [0, 0.05) is 6.54 Å². The van der Waals surface area contributed by atoms with Crippen LogP contribution in [0.15, 0.2) is 18.2 Å². The molecule has 0 bridgehead atoms. The zero-order chi connectivity index (χ0) is 10.7. The lowest BCUT2D eigenvalue weighted by atomic mass is 10.1. The quantitative estimate of drug-likeness (QED) is 0.691. The van der Waals surface area contributed by atoms with Crippen molar-refractivity contribution < 1.29 is 9.84 Å². The van der Waals surface area contributed by atoms with Gasteiger partial charge < -0.3 is 20.5 Å². The average molecular weight is 208 g/mol. The van der Waals surface area contributed by atoms with E-state index in [0.29, 0.717) is 6.61 Å². The van der Waals surface area contributed by atoms with Crippen LogP contribution in [-0.4, -0.2) is 24.5 Å². The zero-order valence-electron chi connectivity index (χ0n) is 8.79. The van der Waals surface area contributed by atoms with Crippen molar-refractivity contribution in [2.75, 3.05) is 18.5 Å². The summed E-state index contributed by atoms with van der Waals surface area (Å²) in [6.45, 7) is 4.18. The van der Waals surface area contributed by atoms with Crippen molar-refractivity contribution in [3.05, 3.63) is 23.8 Å². The number of fused-ring (bicyclic) bond motifs is 1. The molecule has 1 aliphatic heterocycles. The summed E-state index contributed by atoms with van der Waals surface area (Å²) in [6.07, 6.45) is -0.600. The first kappa shape index (κ1) is 10.3. The van der Waals surface area contributed by atoms with E-state index in [1.165, 1.54) is 5.56 Å². The fraction of sp³-hybridized carbons (Fsp3) is 0.455. The molecule has 0 saturated carbocycles. The molecular formula is C11H16N2O2. The summed E-state index contributed by atoms with van der Waals surface area (Å²) in [5.41, 5.74) is 2.04. The van der Waals surface area contributed by atoms with Gasteiger partial charge in [-0.3, -0.25) is 0 Å². The minimum atomic E-state index is -0.600. The van der Waals surface area contributed by atoms with E-state index in [1.807, 2.05) is 18.2 Å². The van der Waals surface area contributed by atoms with Crippen molar-refractivity contribution in [2.24, 2.45) is 0 Å². The monoisotopic (exact) mass is 208 g/mol. The van der Waals surface area contributed by atoms with Gasteiger partial charge in [-0.25, -0.2) is 0 Å². The second kappa shape index (κ2) is 4.51. The van der Waals surface area contributed by atoms with Gasteiger partial charge in [-0.15, -0.1) is 0 Å². The van der Waals surface area contributed by atoms with E-state index in [9.17, 15) is 5.11 Å². The molecule has 0 aromatic heterocycles. The van der Waals surface area contributed by atoms with Gasteiger partial charge in [-0.1, -0.05) is 13.0 Å². The summed E-state index contributed by atoms with van der Waals surface area (Å²) >= 11 is 0. The maximum atomic E-state index is 9.32. The fourth-order valence-electron chi connectivity index (χ4n) is 1.57. The van der Waals surface area contributed by atoms with Crippen molar-refractivity contribution in [2.45, 2.75) is 19.7 Å². The van der Waals surface area contributed by atoms with Gasteiger partial charge in [0.1, 0.15) is 12.4 Å². The van der Waals surface area contributed by atoms with Crippen LogP contribution in [0.1, 0.15) is 12.5 Å². The molecule has 0 radical (unpaired) electrons. The first-order chi connectivity index (χ1) is 7.29. The van der Waals surface area contributed by atoms with E-state index >= 15 is 0 Å². The van der Waals surface area contributed by atoms with Crippen LogP contribution in [0.25, 0.3) is 0 Å². The molecule has 15 heavy (non-hydrogen) atoms. The third-order valence-corrected chi connectivity index (χ3v) is 2.34. The molecule has 3 N–H and O–H groups in total. The highest BCUT2D eigenvalue weighted by Gasteiger charge is 2.15. The Balaban J connectivity index is 2.12. The first-order valence-corrected chi connectivity index (χ1v) is 5.20. The number of rotatable bonds is 3. The Bertz CT molecular complexity index is 341. The van der Waals surface area contributed by atoms with Crippen LogP contribution < -0.4 is 15.4 Å². The summed E-state index contributed by atoms with van der Waals surface area (Å²) in [5.74, 6) is 0.815. The molecule has 1 aromatic carbocycles. The molecule has 4 nitrogen and oxygen atoms in total. The first-order valence-electron chi connectivity index (χ1n) is 5.20. The number of anilines is 1. The molecule has 1 aromatic rings. The molecule has 0 amide bonds. The zero-order valence-corrected chi connectivity index (χ0v) is 8.79. The SMILES string of the molecule is CCNCc1ccc2c(c1)OC[C@@H](O)N2. The summed E-state index contributed by atoms with van der Waals surface area (Å²) in [4.78, 5) is 0. The van der Waals surface area contributed by atoms with Crippen molar-refractivity contribution in [3.8, 4) is 5.75 Å². The van der Waals surface area contributed by atoms with Gasteiger partial charge in [0.2, 0.25) is 0 Å². The van der Waals surface area contributed by atoms with E-state index in [2.05, 4.69) is 17.6 Å². The van der Waals surface area contributed by atoms with Gasteiger partial charge >= 0.3 is 0 Å². The lowest BCUT2D eigenvalue weighted by Crippen LogP contribution is -2.30. The third kappa shape index (κ3) is 2.40. The largest absolute Gasteiger partial charge is 0.487 e. The maximum Gasteiger partial charge on any atom is 0.159 e. The molecular weight excluding hydrogens is 192 g/mol. The van der Waals surface area contributed by atoms with Gasteiger partial charge in [-0.2, -0.15) is 0 Å². The number of hydrogen-bond acceptors (Lipinski definition) is 4. The minimum absolute atomic E-state index is 0.303. The summed E-state index contributed by atoms with van der Waals surface area (Å²) < 4.78 is 5.42. The Morgan fingerprint density at radius 1 is 1.60 bits per heavy atom. The molecule has 0 saturated heterocycles. The van der Waals surface area contributed by atoms with E-state index in [1.54, 1.807) is 0 Å². The van der Waals surface area contributed by atoms with E-state index in [-0.39, 0.29) is 0 Å². The number of hydrogen-bond donors (Lipinski definition) is 3. The molecule has 1 aliphatic rings. The van der Waals surface area contributed by atoms with Crippen LogP contribution in [0.3, 0.4) is 0 Å². The Hall–Kier alpha value is -1.26. The topological polar surface area (TPSA) is 53.5 Å². The minimum Gasteiger partial charge on any atom is -0.487 e. The lowest BCUT2D eigenvalue weighted by molar-refractivity contribution is 0.119. The number of aliphatic hydroxyl groups is 1. The standard InChI is InChI=1S/C11H16N2O2/c1-2-12-6-8-3-4-9-10(5-8)15-7-11(14)13-9/h3-5,11-14H,2,6-7H2,1H3/t11-/m1/s1. The van der Waals surface area contributed by atoms with E-state index in [4.69, 9.17) is 4.74 Å². The highest BCUT2D eigenvalue weighted by molar-refractivity contribution is 5.59. The fourth-order valence-corrected chi connectivity index (χ4v) is 1.57. The van der Waals surface area contributed by atoms with Crippen LogP contribution in [0.5, 0.6) is 5.75 Å². The average Bonchev–Trinajstić information content (AvgIpc) is 2.26. The van der Waals surface area contributed by atoms with Crippen molar-refractivity contribution >= 4 is 5.69 Å². The van der Waals surface area contributed by atoms with Crippen LogP contribution in [-0.2, 0) is 6.54 Å². The molecule has 1 atom stereocenters. The van der Waals surface area contributed by atoms with Gasteiger partial charge in [0.15, 0.2) is 6.23 Å². The molecule has 1 heterocycles. The predicted octanol–water partition coefficient (Wildman–Crippen LogP) is 0.919. The van der Waals surface area contributed by atoms with Crippen molar-refractivity contribution in [3.63, 3.8) is 0 Å². The van der Waals surface area contributed by atoms with Crippen molar-refractivity contribution in [1.82, 2.24) is 5.32 Å².